The van der Waals surface area contributed by atoms with Gasteiger partial charge in [0.15, 0.2) is 0 Å². The Bertz CT molecular complexity index is 238. The summed E-state index contributed by atoms with van der Waals surface area (Å²) in [5.74, 6) is 0. The van der Waals surface area contributed by atoms with E-state index in [1.54, 1.807) is 21.3 Å². The van der Waals surface area contributed by atoms with Crippen LogP contribution in [0.25, 0.3) is 0 Å². The first-order chi connectivity index (χ1) is 9.31. The molecular formula is C12H22O7. The van der Waals surface area contributed by atoms with Crippen molar-refractivity contribution in [3.8, 4) is 0 Å². The topological polar surface area (TPSA) is 64.6 Å². The minimum absolute atomic E-state index is 0.192. The second kappa shape index (κ2) is 7.49. The van der Waals surface area contributed by atoms with Gasteiger partial charge in [0.1, 0.15) is 44.1 Å². The molecule has 0 radical (unpaired) electrons. The molecule has 0 bridgehead atoms. The molecule has 0 aromatic rings. The van der Waals surface area contributed by atoms with Crippen LogP contribution in [0.4, 0.5) is 0 Å². The smallest absolute Gasteiger partial charge is 0.147 e. The van der Waals surface area contributed by atoms with Crippen molar-refractivity contribution in [3.63, 3.8) is 0 Å². The normalized spacial score (nSPS) is 38.1. The quantitative estimate of drug-likeness (QED) is 0.688. The molecule has 0 amide bonds. The second-order valence-corrected chi connectivity index (χ2v) is 4.49. The lowest BCUT2D eigenvalue weighted by atomic mass is 9.98. The Balaban J connectivity index is 2.07. The third kappa shape index (κ3) is 3.43. The van der Waals surface area contributed by atoms with Gasteiger partial charge in [-0.3, -0.25) is 0 Å². The Morgan fingerprint density at radius 1 is 0.842 bits per heavy atom. The van der Waals surface area contributed by atoms with Crippen molar-refractivity contribution >= 4 is 0 Å². The van der Waals surface area contributed by atoms with E-state index in [4.69, 9.17) is 33.2 Å². The van der Waals surface area contributed by atoms with E-state index in [-0.39, 0.29) is 44.1 Å². The van der Waals surface area contributed by atoms with Gasteiger partial charge in [-0.1, -0.05) is 0 Å². The van der Waals surface area contributed by atoms with Gasteiger partial charge < -0.3 is 33.2 Å². The fraction of sp³-hybridized carbons (Fsp3) is 1.00. The minimum atomic E-state index is -0.303. The molecule has 19 heavy (non-hydrogen) atoms. The highest BCUT2D eigenvalue weighted by molar-refractivity contribution is 4.91. The van der Waals surface area contributed by atoms with Crippen molar-refractivity contribution in [3.05, 3.63) is 0 Å². The molecular weight excluding hydrogens is 256 g/mol. The molecule has 0 N–H and O–H groups in total. The van der Waals surface area contributed by atoms with Crippen molar-refractivity contribution < 1.29 is 33.2 Å². The molecule has 112 valence electrons. The molecule has 2 aliphatic heterocycles. The first kappa shape index (κ1) is 15.1. The Morgan fingerprint density at radius 2 is 1.32 bits per heavy atom. The summed E-state index contributed by atoms with van der Waals surface area (Å²) in [4.78, 5) is 0. The molecule has 2 aliphatic rings. The summed E-state index contributed by atoms with van der Waals surface area (Å²) >= 11 is 0. The van der Waals surface area contributed by atoms with E-state index in [1.165, 1.54) is 0 Å². The van der Waals surface area contributed by atoms with Gasteiger partial charge in [-0.25, -0.2) is 0 Å². The van der Waals surface area contributed by atoms with Crippen molar-refractivity contribution in [2.75, 3.05) is 48.1 Å². The number of rotatable bonds is 5. The molecule has 0 aromatic carbocycles. The van der Waals surface area contributed by atoms with Crippen LogP contribution in [0, 0.1) is 0 Å². The fourth-order valence-electron chi connectivity index (χ4n) is 2.46. The minimum Gasteiger partial charge on any atom is -0.376 e. The summed E-state index contributed by atoms with van der Waals surface area (Å²) in [6.45, 7) is 1.40. The summed E-state index contributed by atoms with van der Waals surface area (Å²) in [5.41, 5.74) is 0. The van der Waals surface area contributed by atoms with Crippen molar-refractivity contribution in [1.29, 1.82) is 0 Å². The summed E-state index contributed by atoms with van der Waals surface area (Å²) in [6, 6.07) is 0. The molecule has 7 nitrogen and oxygen atoms in total. The maximum absolute atomic E-state index is 5.63. The highest BCUT2D eigenvalue weighted by Crippen LogP contribution is 2.24. The molecule has 0 aromatic heterocycles. The number of ether oxygens (including phenoxy) is 7. The van der Waals surface area contributed by atoms with Crippen LogP contribution < -0.4 is 0 Å². The van der Waals surface area contributed by atoms with Gasteiger partial charge >= 0.3 is 0 Å². The summed E-state index contributed by atoms with van der Waals surface area (Å²) < 4.78 is 38.1. The van der Waals surface area contributed by atoms with Gasteiger partial charge in [0.25, 0.3) is 0 Å². The fourth-order valence-corrected chi connectivity index (χ4v) is 2.46. The lowest BCUT2D eigenvalue weighted by Crippen LogP contribution is -2.58. The van der Waals surface area contributed by atoms with E-state index in [9.17, 15) is 0 Å². The Labute approximate surface area is 113 Å². The van der Waals surface area contributed by atoms with Gasteiger partial charge in [0.2, 0.25) is 0 Å². The molecule has 2 fully saturated rings. The van der Waals surface area contributed by atoms with Crippen LogP contribution in [0.3, 0.4) is 0 Å². The predicted octanol–water partition coefficient (Wildman–Crippen LogP) is -0.223. The van der Waals surface area contributed by atoms with E-state index in [2.05, 4.69) is 0 Å². The van der Waals surface area contributed by atoms with E-state index < -0.39 is 0 Å². The van der Waals surface area contributed by atoms with Crippen molar-refractivity contribution in [2.45, 2.75) is 30.5 Å². The maximum atomic E-state index is 5.63. The van der Waals surface area contributed by atoms with Crippen LogP contribution in [0.1, 0.15) is 0 Å². The molecule has 2 rings (SSSR count). The summed E-state index contributed by atoms with van der Waals surface area (Å²) in [7, 11) is 4.88. The SMILES string of the molecule is COC([C@H]1OCOC[C@H]1OC)[C@@H]1OCOC[C@H]1OC. The van der Waals surface area contributed by atoms with Crippen molar-refractivity contribution in [2.24, 2.45) is 0 Å². The van der Waals surface area contributed by atoms with Crippen molar-refractivity contribution in [1.82, 2.24) is 0 Å². The molecule has 0 saturated carbocycles. The van der Waals surface area contributed by atoms with E-state index in [0.717, 1.165) is 0 Å². The number of hydrogen-bond donors (Lipinski definition) is 0. The number of hydrogen-bond acceptors (Lipinski definition) is 7. The first-order valence-electron chi connectivity index (χ1n) is 6.29. The lowest BCUT2D eigenvalue weighted by Gasteiger charge is -2.41. The van der Waals surface area contributed by atoms with Crippen LogP contribution in [-0.4, -0.2) is 78.6 Å². The molecule has 7 heteroatoms. The average molecular weight is 278 g/mol. The van der Waals surface area contributed by atoms with E-state index in [0.29, 0.717) is 13.2 Å². The maximum Gasteiger partial charge on any atom is 0.147 e. The molecule has 0 aliphatic carbocycles. The van der Waals surface area contributed by atoms with Gasteiger partial charge in [-0.2, -0.15) is 0 Å². The third-order valence-electron chi connectivity index (χ3n) is 3.51. The van der Waals surface area contributed by atoms with E-state index in [1.807, 2.05) is 0 Å². The first-order valence-corrected chi connectivity index (χ1v) is 6.29. The van der Waals surface area contributed by atoms with Gasteiger partial charge in [0, 0.05) is 21.3 Å². The zero-order valence-corrected chi connectivity index (χ0v) is 11.6. The predicted molar refractivity (Wildman–Crippen MR) is 63.8 cm³/mol. The summed E-state index contributed by atoms with van der Waals surface area (Å²) in [6.07, 6.45) is -1.21. The molecule has 1 unspecified atom stereocenters. The average Bonchev–Trinajstić information content (AvgIpc) is 2.49. The molecule has 0 spiro atoms. The Hall–Kier alpha value is -0.280. The van der Waals surface area contributed by atoms with Crippen LogP contribution in [0.2, 0.25) is 0 Å². The largest absolute Gasteiger partial charge is 0.376 e. The molecule has 2 heterocycles. The van der Waals surface area contributed by atoms with E-state index >= 15 is 0 Å². The highest BCUT2D eigenvalue weighted by Gasteiger charge is 2.43. The Kier molecular flexibility index (Phi) is 5.96. The second-order valence-electron chi connectivity index (χ2n) is 4.49. The monoisotopic (exact) mass is 278 g/mol. The van der Waals surface area contributed by atoms with Crippen LogP contribution in [-0.2, 0) is 33.2 Å². The third-order valence-corrected chi connectivity index (χ3v) is 3.51. The van der Waals surface area contributed by atoms with Gasteiger partial charge in [-0.05, 0) is 0 Å². The molecule has 5 atom stereocenters. The zero-order chi connectivity index (χ0) is 13.7. The van der Waals surface area contributed by atoms with Crippen LogP contribution >= 0.6 is 0 Å². The lowest BCUT2D eigenvalue weighted by molar-refractivity contribution is -0.279. The van der Waals surface area contributed by atoms with Gasteiger partial charge in [0.05, 0.1) is 13.2 Å². The standard InChI is InChI=1S/C12H22O7/c1-13-8-4-16-6-18-10(8)12(15-3)11-9(14-2)5-17-7-19-11/h8-12H,4-7H2,1-3H3/t8-,9-,10-,11+,12?/m1/s1. The van der Waals surface area contributed by atoms with Gasteiger partial charge in [-0.15, -0.1) is 0 Å². The molecule has 2 saturated heterocycles. The zero-order valence-electron chi connectivity index (χ0n) is 11.6. The van der Waals surface area contributed by atoms with Crippen LogP contribution in [0.5, 0.6) is 0 Å². The highest BCUT2D eigenvalue weighted by atomic mass is 16.7. The summed E-state index contributed by atoms with van der Waals surface area (Å²) in [5, 5.41) is 0. The number of methoxy groups -OCH3 is 3. The van der Waals surface area contributed by atoms with Crippen LogP contribution in [0.15, 0.2) is 0 Å². The Morgan fingerprint density at radius 3 is 1.68 bits per heavy atom.